The zero-order valence-corrected chi connectivity index (χ0v) is 15.2. The van der Waals surface area contributed by atoms with Gasteiger partial charge in [0.05, 0.1) is 5.69 Å². The molecule has 0 radical (unpaired) electrons. The summed E-state index contributed by atoms with van der Waals surface area (Å²) >= 11 is 0. The van der Waals surface area contributed by atoms with E-state index in [2.05, 4.69) is 9.71 Å². The highest BCUT2D eigenvalue weighted by atomic mass is 32.2. The van der Waals surface area contributed by atoms with Gasteiger partial charge in [0.15, 0.2) is 0 Å². The number of imidazole rings is 1. The van der Waals surface area contributed by atoms with Crippen LogP contribution in [0.2, 0.25) is 0 Å². The molecule has 0 fully saturated rings. The molecule has 0 atom stereocenters. The normalized spacial score (nSPS) is 11.6. The number of rotatable bonds is 4. The number of aromatic nitrogens is 2. The summed E-state index contributed by atoms with van der Waals surface area (Å²) < 4.78 is 42.8. The molecule has 2 aromatic carbocycles. The summed E-state index contributed by atoms with van der Waals surface area (Å²) in [6.45, 7) is 2.00. The van der Waals surface area contributed by atoms with Crippen molar-refractivity contribution in [3.8, 4) is 11.3 Å². The third kappa shape index (κ3) is 3.41. The van der Waals surface area contributed by atoms with E-state index in [4.69, 9.17) is 0 Å². The SMILES string of the molecule is Cc1ccn2cc(-c3ccc(NS(=O)(=O)c4ccccc4F)cc3)nc2c1. The predicted molar refractivity (Wildman–Crippen MR) is 103 cm³/mol. The van der Waals surface area contributed by atoms with Crippen molar-refractivity contribution in [3.05, 3.63) is 84.4 Å². The molecule has 4 rings (SSSR count). The van der Waals surface area contributed by atoms with Gasteiger partial charge in [-0.05, 0) is 48.9 Å². The molecular weight excluding hydrogens is 365 g/mol. The number of halogens is 1. The number of hydrogen-bond acceptors (Lipinski definition) is 3. The molecule has 0 aliphatic rings. The van der Waals surface area contributed by atoms with Gasteiger partial charge in [-0.1, -0.05) is 24.3 Å². The molecule has 4 aromatic rings. The largest absolute Gasteiger partial charge is 0.306 e. The maximum atomic E-state index is 13.8. The predicted octanol–water partition coefficient (Wildman–Crippen LogP) is 4.25. The Kier molecular flexibility index (Phi) is 4.16. The lowest BCUT2D eigenvalue weighted by Gasteiger charge is -2.09. The van der Waals surface area contributed by atoms with E-state index in [1.54, 1.807) is 24.3 Å². The minimum Gasteiger partial charge on any atom is -0.306 e. The van der Waals surface area contributed by atoms with Crippen molar-refractivity contribution in [3.63, 3.8) is 0 Å². The summed E-state index contributed by atoms with van der Waals surface area (Å²) in [4.78, 5) is 4.20. The number of hydrogen-bond donors (Lipinski definition) is 1. The van der Waals surface area contributed by atoms with Crippen LogP contribution >= 0.6 is 0 Å². The van der Waals surface area contributed by atoms with E-state index in [-0.39, 0.29) is 4.90 Å². The van der Waals surface area contributed by atoms with E-state index < -0.39 is 15.8 Å². The Morgan fingerprint density at radius 1 is 1.04 bits per heavy atom. The van der Waals surface area contributed by atoms with Crippen LogP contribution in [-0.4, -0.2) is 17.8 Å². The Morgan fingerprint density at radius 3 is 2.52 bits per heavy atom. The first kappa shape index (κ1) is 17.2. The minimum atomic E-state index is -3.99. The molecule has 0 bridgehead atoms. The lowest BCUT2D eigenvalue weighted by Crippen LogP contribution is -2.14. The van der Waals surface area contributed by atoms with Crippen molar-refractivity contribution >= 4 is 21.4 Å². The molecule has 0 saturated heterocycles. The summed E-state index contributed by atoms with van der Waals surface area (Å²) in [6, 6.07) is 16.0. The van der Waals surface area contributed by atoms with E-state index in [0.717, 1.165) is 28.5 Å². The Bertz CT molecular complexity index is 1230. The topological polar surface area (TPSA) is 63.5 Å². The highest BCUT2D eigenvalue weighted by Crippen LogP contribution is 2.24. The van der Waals surface area contributed by atoms with Crippen molar-refractivity contribution < 1.29 is 12.8 Å². The van der Waals surface area contributed by atoms with Gasteiger partial charge in [0.1, 0.15) is 16.4 Å². The number of nitrogens with one attached hydrogen (secondary N) is 1. The molecule has 0 aliphatic heterocycles. The number of aryl methyl sites for hydroxylation is 1. The van der Waals surface area contributed by atoms with Crippen LogP contribution in [0.4, 0.5) is 10.1 Å². The molecule has 0 unspecified atom stereocenters. The molecular formula is C20H16FN3O2S. The van der Waals surface area contributed by atoms with E-state index in [0.29, 0.717) is 5.69 Å². The first-order chi connectivity index (χ1) is 12.9. The number of sulfonamides is 1. The summed E-state index contributed by atoms with van der Waals surface area (Å²) in [5.41, 5.74) is 3.95. The Labute approximate surface area is 156 Å². The van der Waals surface area contributed by atoms with Gasteiger partial charge in [-0.3, -0.25) is 4.72 Å². The molecule has 2 heterocycles. The quantitative estimate of drug-likeness (QED) is 0.575. The molecule has 2 aromatic heterocycles. The van der Waals surface area contributed by atoms with E-state index in [9.17, 15) is 12.8 Å². The lowest BCUT2D eigenvalue weighted by atomic mass is 10.1. The van der Waals surface area contributed by atoms with Gasteiger partial charge in [-0.2, -0.15) is 0 Å². The fourth-order valence-corrected chi connectivity index (χ4v) is 3.94. The molecule has 5 nitrogen and oxygen atoms in total. The fourth-order valence-electron chi connectivity index (χ4n) is 2.80. The standard InChI is InChI=1S/C20H16FN3O2S/c1-14-10-11-24-13-18(22-20(24)12-14)15-6-8-16(9-7-15)23-27(25,26)19-5-3-2-4-17(19)21/h2-13,23H,1H3. The van der Waals surface area contributed by atoms with E-state index in [1.165, 1.54) is 18.2 Å². The van der Waals surface area contributed by atoms with Crippen LogP contribution in [0.5, 0.6) is 0 Å². The summed E-state index contributed by atoms with van der Waals surface area (Å²) in [5.74, 6) is -0.790. The van der Waals surface area contributed by atoms with E-state index in [1.807, 2.05) is 35.9 Å². The van der Waals surface area contributed by atoms with Crippen molar-refractivity contribution in [1.82, 2.24) is 9.38 Å². The lowest BCUT2D eigenvalue weighted by molar-refractivity contribution is 0.570. The van der Waals surface area contributed by atoms with Gasteiger partial charge in [-0.25, -0.2) is 17.8 Å². The second-order valence-corrected chi connectivity index (χ2v) is 7.86. The zero-order valence-electron chi connectivity index (χ0n) is 14.4. The average Bonchev–Trinajstić information content (AvgIpc) is 3.05. The van der Waals surface area contributed by atoms with Crippen molar-refractivity contribution in [2.45, 2.75) is 11.8 Å². The number of nitrogens with zero attached hydrogens (tertiary/aromatic N) is 2. The van der Waals surface area contributed by atoms with Crippen LogP contribution < -0.4 is 4.72 Å². The number of anilines is 1. The van der Waals surface area contributed by atoms with Gasteiger partial charge in [0, 0.05) is 23.6 Å². The molecule has 136 valence electrons. The van der Waals surface area contributed by atoms with Crippen LogP contribution in [0, 0.1) is 12.7 Å². The van der Waals surface area contributed by atoms with Gasteiger partial charge in [0.2, 0.25) is 0 Å². The molecule has 0 spiro atoms. The smallest absolute Gasteiger partial charge is 0.264 e. The van der Waals surface area contributed by atoms with E-state index >= 15 is 0 Å². The van der Waals surface area contributed by atoms with Crippen LogP contribution in [0.25, 0.3) is 16.9 Å². The van der Waals surface area contributed by atoms with Crippen LogP contribution in [0.15, 0.2) is 78.0 Å². The van der Waals surface area contributed by atoms with Crippen LogP contribution in [-0.2, 0) is 10.0 Å². The number of benzene rings is 2. The Morgan fingerprint density at radius 2 is 1.78 bits per heavy atom. The summed E-state index contributed by atoms with van der Waals surface area (Å²) in [7, 11) is -3.99. The van der Waals surface area contributed by atoms with Gasteiger partial charge < -0.3 is 4.40 Å². The van der Waals surface area contributed by atoms with Gasteiger partial charge >= 0.3 is 0 Å². The third-order valence-corrected chi connectivity index (χ3v) is 5.59. The monoisotopic (exact) mass is 381 g/mol. The molecule has 27 heavy (non-hydrogen) atoms. The van der Waals surface area contributed by atoms with Crippen LogP contribution in [0.1, 0.15) is 5.56 Å². The highest BCUT2D eigenvalue weighted by molar-refractivity contribution is 7.92. The average molecular weight is 381 g/mol. The molecule has 0 amide bonds. The minimum absolute atomic E-state index is 0.349. The fraction of sp³-hybridized carbons (Fsp3) is 0.0500. The number of pyridine rings is 1. The Balaban J connectivity index is 1.61. The summed E-state index contributed by atoms with van der Waals surface area (Å²) in [6.07, 6.45) is 3.85. The maximum absolute atomic E-state index is 13.8. The van der Waals surface area contributed by atoms with Crippen LogP contribution in [0.3, 0.4) is 0 Å². The number of fused-ring (bicyclic) bond motifs is 1. The van der Waals surface area contributed by atoms with Gasteiger partial charge in [0.25, 0.3) is 10.0 Å². The first-order valence-corrected chi connectivity index (χ1v) is 9.74. The second kappa shape index (κ2) is 6.51. The zero-order chi connectivity index (χ0) is 19.0. The molecule has 7 heteroatoms. The maximum Gasteiger partial charge on any atom is 0.264 e. The molecule has 0 aliphatic carbocycles. The second-order valence-electron chi connectivity index (χ2n) is 6.21. The summed E-state index contributed by atoms with van der Waals surface area (Å²) in [5, 5.41) is 0. The van der Waals surface area contributed by atoms with Gasteiger partial charge in [-0.15, -0.1) is 0 Å². The highest BCUT2D eigenvalue weighted by Gasteiger charge is 2.18. The third-order valence-electron chi connectivity index (χ3n) is 4.17. The molecule has 0 saturated carbocycles. The van der Waals surface area contributed by atoms with Crippen molar-refractivity contribution in [2.24, 2.45) is 0 Å². The van der Waals surface area contributed by atoms with Crippen molar-refractivity contribution in [1.29, 1.82) is 0 Å². The molecule has 1 N–H and O–H groups in total. The Hall–Kier alpha value is -3.19. The van der Waals surface area contributed by atoms with Crippen molar-refractivity contribution in [2.75, 3.05) is 4.72 Å². The first-order valence-electron chi connectivity index (χ1n) is 8.25.